The molecule has 0 spiro atoms. The third kappa shape index (κ3) is 3.77. The van der Waals surface area contributed by atoms with Gasteiger partial charge in [0.1, 0.15) is 6.61 Å². The molecular formula is C28H30N2O5. The molecule has 4 aliphatic carbocycles. The molecule has 4 aliphatic rings. The normalized spacial score (nSPS) is 27.1. The Hall–Kier alpha value is -3.35. The average molecular weight is 475 g/mol. The number of nitrogens with one attached hydrogen (secondary N) is 2. The quantitative estimate of drug-likeness (QED) is 0.558. The second kappa shape index (κ2) is 8.11. The van der Waals surface area contributed by atoms with Crippen molar-refractivity contribution in [3.63, 3.8) is 0 Å². The van der Waals surface area contributed by atoms with Crippen molar-refractivity contribution < 1.29 is 24.2 Å². The number of ether oxygens (including phenoxy) is 1. The maximum absolute atomic E-state index is 13.1. The molecule has 3 fully saturated rings. The van der Waals surface area contributed by atoms with Crippen molar-refractivity contribution in [3.05, 3.63) is 59.7 Å². The van der Waals surface area contributed by atoms with Crippen molar-refractivity contribution in [1.82, 2.24) is 10.6 Å². The standard InChI is InChI=1S/C28H30N2O5/c31-24(32)15-27(10-5-11-27)30-25(33)28-13-17(28)12-18(14-28)29-26(34)35-16-23-21-8-3-1-6-19(21)20-7-2-4-9-22(20)23/h1-4,6-9,17-18,23H,5,10-16H2,(H,29,34)(H,30,33)(H,31,32)/t17-,18+,28+/m1/s1. The highest BCUT2D eigenvalue weighted by Crippen LogP contribution is 2.64. The number of benzene rings is 2. The van der Waals surface area contributed by atoms with Crippen LogP contribution >= 0.6 is 0 Å². The van der Waals surface area contributed by atoms with Gasteiger partial charge in [0.15, 0.2) is 0 Å². The van der Waals surface area contributed by atoms with Gasteiger partial charge < -0.3 is 20.5 Å². The van der Waals surface area contributed by atoms with E-state index in [1.165, 1.54) is 22.3 Å². The Kier molecular flexibility index (Phi) is 5.13. The molecule has 3 saturated carbocycles. The first-order valence-electron chi connectivity index (χ1n) is 12.6. The van der Waals surface area contributed by atoms with E-state index < -0.39 is 23.0 Å². The monoisotopic (exact) mass is 474 g/mol. The van der Waals surface area contributed by atoms with Gasteiger partial charge in [-0.3, -0.25) is 9.59 Å². The topological polar surface area (TPSA) is 105 Å². The molecule has 35 heavy (non-hydrogen) atoms. The zero-order valence-corrected chi connectivity index (χ0v) is 19.6. The highest BCUT2D eigenvalue weighted by atomic mass is 16.5. The average Bonchev–Trinajstić information content (AvgIpc) is 3.24. The first-order chi connectivity index (χ1) is 16.9. The van der Waals surface area contributed by atoms with Crippen LogP contribution in [-0.2, 0) is 14.3 Å². The molecule has 0 unspecified atom stereocenters. The number of alkyl carbamates (subject to hydrolysis) is 1. The van der Waals surface area contributed by atoms with Crippen LogP contribution < -0.4 is 10.6 Å². The number of aliphatic carboxylic acids is 1. The lowest BCUT2D eigenvalue weighted by molar-refractivity contribution is -0.141. The van der Waals surface area contributed by atoms with Crippen molar-refractivity contribution in [3.8, 4) is 11.1 Å². The van der Waals surface area contributed by atoms with Gasteiger partial charge in [0, 0.05) is 12.0 Å². The third-order valence-electron chi connectivity index (χ3n) is 8.71. The van der Waals surface area contributed by atoms with Gasteiger partial charge in [0.05, 0.1) is 17.4 Å². The minimum atomic E-state index is -0.879. The van der Waals surface area contributed by atoms with E-state index in [4.69, 9.17) is 4.74 Å². The first-order valence-corrected chi connectivity index (χ1v) is 12.6. The van der Waals surface area contributed by atoms with Gasteiger partial charge in [-0.15, -0.1) is 0 Å². The number of hydrogen-bond acceptors (Lipinski definition) is 4. The fourth-order valence-corrected chi connectivity index (χ4v) is 6.70. The summed E-state index contributed by atoms with van der Waals surface area (Å²) in [5, 5.41) is 15.3. The van der Waals surface area contributed by atoms with E-state index >= 15 is 0 Å². The van der Waals surface area contributed by atoms with Crippen LogP contribution in [0, 0.1) is 11.3 Å². The number of rotatable bonds is 7. The Labute approximate surface area is 204 Å². The van der Waals surface area contributed by atoms with Crippen molar-refractivity contribution >= 4 is 18.0 Å². The second-order valence-corrected chi connectivity index (χ2v) is 10.8. The highest BCUT2D eigenvalue weighted by Gasteiger charge is 2.66. The van der Waals surface area contributed by atoms with Crippen LogP contribution in [0.3, 0.4) is 0 Å². The van der Waals surface area contributed by atoms with Crippen LogP contribution in [0.5, 0.6) is 0 Å². The van der Waals surface area contributed by atoms with Crippen LogP contribution in [-0.4, -0.2) is 41.3 Å². The minimum Gasteiger partial charge on any atom is -0.481 e. The van der Waals surface area contributed by atoms with Crippen LogP contribution in [0.4, 0.5) is 4.79 Å². The van der Waals surface area contributed by atoms with E-state index in [9.17, 15) is 19.5 Å². The Morgan fingerprint density at radius 1 is 0.971 bits per heavy atom. The molecule has 2 amide bonds. The third-order valence-corrected chi connectivity index (χ3v) is 8.71. The molecule has 0 heterocycles. The summed E-state index contributed by atoms with van der Waals surface area (Å²) in [6.45, 7) is 0.263. The second-order valence-electron chi connectivity index (χ2n) is 10.8. The van der Waals surface area contributed by atoms with Gasteiger partial charge in [-0.1, -0.05) is 48.5 Å². The summed E-state index contributed by atoms with van der Waals surface area (Å²) < 4.78 is 5.68. The molecular weight excluding hydrogens is 444 g/mol. The molecule has 2 aromatic carbocycles. The maximum Gasteiger partial charge on any atom is 0.407 e. The van der Waals surface area contributed by atoms with Gasteiger partial charge in [0.2, 0.25) is 5.91 Å². The van der Waals surface area contributed by atoms with Gasteiger partial charge in [-0.05, 0) is 66.7 Å². The Bertz CT molecular complexity index is 1160. The molecule has 7 nitrogen and oxygen atoms in total. The Morgan fingerprint density at radius 3 is 2.23 bits per heavy atom. The largest absolute Gasteiger partial charge is 0.481 e. The van der Waals surface area contributed by atoms with E-state index in [-0.39, 0.29) is 36.8 Å². The van der Waals surface area contributed by atoms with E-state index in [2.05, 4.69) is 34.9 Å². The van der Waals surface area contributed by atoms with E-state index in [0.717, 1.165) is 19.3 Å². The van der Waals surface area contributed by atoms with Crippen molar-refractivity contribution in [1.29, 1.82) is 0 Å². The minimum absolute atomic E-state index is 0.00940. The summed E-state index contributed by atoms with van der Waals surface area (Å²) in [5.41, 5.74) is 3.66. The molecule has 0 saturated heterocycles. The maximum atomic E-state index is 13.1. The van der Waals surface area contributed by atoms with Crippen LogP contribution in [0.15, 0.2) is 48.5 Å². The Balaban J connectivity index is 1.05. The molecule has 0 bridgehead atoms. The SMILES string of the molecule is O=C(O)CC1(NC(=O)[C@@]23C[C@@H](NC(=O)OCC4c5ccccc5-c5ccccc54)C[C@@H]2C3)CCC1. The fourth-order valence-electron chi connectivity index (χ4n) is 6.70. The van der Waals surface area contributed by atoms with Gasteiger partial charge in [0.25, 0.3) is 0 Å². The number of carbonyl (C=O) groups is 3. The number of amides is 2. The van der Waals surface area contributed by atoms with E-state index in [1.807, 2.05) is 24.3 Å². The van der Waals surface area contributed by atoms with E-state index in [0.29, 0.717) is 19.3 Å². The van der Waals surface area contributed by atoms with Crippen LogP contribution in [0.25, 0.3) is 11.1 Å². The zero-order chi connectivity index (χ0) is 24.2. The highest BCUT2D eigenvalue weighted by molar-refractivity contribution is 5.88. The molecule has 3 N–H and O–H groups in total. The molecule has 182 valence electrons. The summed E-state index contributed by atoms with van der Waals surface area (Å²) in [6, 6.07) is 16.4. The molecule has 0 radical (unpaired) electrons. The lowest BCUT2D eigenvalue weighted by Crippen LogP contribution is -2.56. The van der Waals surface area contributed by atoms with Crippen molar-refractivity contribution in [2.45, 2.75) is 62.4 Å². The molecule has 7 heteroatoms. The number of carbonyl (C=O) groups excluding carboxylic acids is 2. The van der Waals surface area contributed by atoms with Gasteiger partial charge in [-0.2, -0.15) is 0 Å². The number of carboxylic acid groups (broad SMARTS) is 1. The van der Waals surface area contributed by atoms with Gasteiger partial charge in [-0.25, -0.2) is 4.79 Å². The lowest BCUT2D eigenvalue weighted by Gasteiger charge is -2.42. The summed E-state index contributed by atoms with van der Waals surface area (Å²) in [4.78, 5) is 37.1. The molecule has 0 aliphatic heterocycles. The van der Waals surface area contributed by atoms with Crippen LogP contribution in [0.2, 0.25) is 0 Å². The van der Waals surface area contributed by atoms with Crippen LogP contribution in [0.1, 0.15) is 62.0 Å². The number of fused-ring (bicyclic) bond motifs is 4. The smallest absolute Gasteiger partial charge is 0.407 e. The predicted molar refractivity (Wildman–Crippen MR) is 129 cm³/mol. The zero-order valence-electron chi connectivity index (χ0n) is 19.6. The summed E-state index contributed by atoms with van der Waals surface area (Å²) in [6.07, 6.45) is 4.04. The number of hydrogen-bond donors (Lipinski definition) is 3. The van der Waals surface area contributed by atoms with E-state index in [1.54, 1.807) is 0 Å². The lowest BCUT2D eigenvalue weighted by atomic mass is 9.74. The summed E-state index contributed by atoms with van der Waals surface area (Å²) >= 11 is 0. The van der Waals surface area contributed by atoms with Crippen molar-refractivity contribution in [2.24, 2.45) is 11.3 Å². The molecule has 2 aromatic rings. The summed E-state index contributed by atoms with van der Waals surface area (Å²) in [7, 11) is 0. The predicted octanol–water partition coefficient (Wildman–Crippen LogP) is 4.21. The van der Waals surface area contributed by atoms with Crippen molar-refractivity contribution in [2.75, 3.05) is 6.61 Å². The summed E-state index contributed by atoms with van der Waals surface area (Å²) in [5.74, 6) is -0.671. The number of carboxylic acids is 1. The van der Waals surface area contributed by atoms with Gasteiger partial charge >= 0.3 is 12.1 Å². The Morgan fingerprint density at radius 2 is 1.63 bits per heavy atom. The first kappa shape index (κ1) is 22.1. The molecule has 0 aromatic heterocycles. The molecule has 3 atom stereocenters. The fraction of sp³-hybridized carbons (Fsp3) is 0.464. The molecule has 6 rings (SSSR count).